The molecule has 12 heavy (non-hydrogen) atoms. The predicted molar refractivity (Wildman–Crippen MR) is 52.7 cm³/mol. The van der Waals surface area contributed by atoms with Gasteiger partial charge >= 0.3 is 0 Å². The molecular weight excluding hydrogens is 170 g/mol. The van der Waals surface area contributed by atoms with Crippen LogP contribution in [0.2, 0.25) is 0 Å². The summed E-state index contributed by atoms with van der Waals surface area (Å²) in [6.45, 7) is 2.26. The van der Waals surface area contributed by atoms with E-state index in [1.807, 2.05) is 18.8 Å². The van der Waals surface area contributed by atoms with Gasteiger partial charge in [0.2, 0.25) is 10.0 Å². The van der Waals surface area contributed by atoms with Gasteiger partial charge in [-0.3, -0.25) is 4.99 Å². The van der Waals surface area contributed by atoms with Crippen LogP contribution in [-0.2, 0) is 0 Å². The zero-order chi connectivity index (χ0) is 8.60. The minimum absolute atomic E-state index is 0.215. The minimum Gasteiger partial charge on any atom is -0.261 e. The normalized spacial score (nSPS) is 37.5. The standard InChI is InChI=1S/C8H14N3S/c1-8-5-3-4-6-11(8)10-7(9-2)12-8/h6H,3-5H2,1-2H3,(H,9,10)/q+1/t8-/m1/s1. The summed E-state index contributed by atoms with van der Waals surface area (Å²) in [4.78, 5) is 4.38. The second-order valence-corrected chi connectivity index (χ2v) is 4.83. The first kappa shape index (κ1) is 8.10. The fourth-order valence-electron chi connectivity index (χ4n) is 1.66. The number of rotatable bonds is 0. The van der Waals surface area contributed by atoms with Gasteiger partial charge in [-0.05, 0) is 18.2 Å². The average molecular weight is 184 g/mol. The van der Waals surface area contributed by atoms with Crippen molar-refractivity contribution in [1.82, 2.24) is 5.43 Å². The maximum absolute atomic E-state index is 4.16. The Labute approximate surface area is 76.9 Å². The van der Waals surface area contributed by atoms with E-state index >= 15 is 0 Å². The molecule has 0 aromatic heterocycles. The molecule has 4 heteroatoms. The molecule has 2 aliphatic heterocycles. The van der Waals surface area contributed by atoms with Crippen molar-refractivity contribution >= 4 is 23.1 Å². The Hall–Kier alpha value is -0.510. The first-order valence-electron chi connectivity index (χ1n) is 4.30. The zero-order valence-electron chi connectivity index (χ0n) is 7.50. The second-order valence-electron chi connectivity index (χ2n) is 3.36. The van der Waals surface area contributed by atoms with Crippen molar-refractivity contribution in [1.29, 1.82) is 0 Å². The maximum Gasteiger partial charge on any atom is 0.241 e. The monoisotopic (exact) mass is 184 g/mol. The molecule has 0 bridgehead atoms. The van der Waals surface area contributed by atoms with Crippen LogP contribution < -0.4 is 5.43 Å². The lowest BCUT2D eigenvalue weighted by Gasteiger charge is -2.18. The molecule has 3 nitrogen and oxygen atoms in total. The van der Waals surface area contributed by atoms with Crippen LogP contribution >= 0.6 is 11.8 Å². The summed E-state index contributed by atoms with van der Waals surface area (Å²) in [5.41, 5.74) is 3.27. The van der Waals surface area contributed by atoms with Gasteiger partial charge in [0.1, 0.15) is 0 Å². The van der Waals surface area contributed by atoms with Gasteiger partial charge in [0.05, 0.1) is 0 Å². The smallest absolute Gasteiger partial charge is 0.241 e. The Kier molecular flexibility index (Phi) is 1.87. The van der Waals surface area contributed by atoms with Crippen LogP contribution in [0, 0.1) is 0 Å². The number of fused-ring (bicyclic) bond motifs is 1. The fraction of sp³-hybridized carbons (Fsp3) is 0.750. The van der Waals surface area contributed by atoms with E-state index in [4.69, 9.17) is 0 Å². The van der Waals surface area contributed by atoms with E-state index in [2.05, 4.69) is 28.2 Å². The third kappa shape index (κ3) is 1.14. The van der Waals surface area contributed by atoms with Crippen molar-refractivity contribution in [3.05, 3.63) is 0 Å². The molecule has 0 aromatic carbocycles. The molecule has 66 valence electrons. The van der Waals surface area contributed by atoms with Gasteiger partial charge < -0.3 is 0 Å². The molecule has 2 rings (SSSR count). The van der Waals surface area contributed by atoms with Crippen LogP contribution in [0.5, 0.6) is 0 Å². The van der Waals surface area contributed by atoms with Crippen LogP contribution in [0.25, 0.3) is 0 Å². The van der Waals surface area contributed by atoms with E-state index in [0.717, 1.165) is 5.17 Å². The number of thioether (sulfide) groups is 1. The van der Waals surface area contributed by atoms with E-state index in [-0.39, 0.29) is 4.87 Å². The number of nitrogens with zero attached hydrogens (tertiary/aromatic N) is 2. The Bertz CT molecular complexity index is 259. The van der Waals surface area contributed by atoms with Crippen LogP contribution in [-0.4, -0.2) is 28.0 Å². The first-order chi connectivity index (χ1) is 5.74. The van der Waals surface area contributed by atoms with E-state index in [9.17, 15) is 0 Å². The lowest BCUT2D eigenvalue weighted by atomic mass is 10.1. The van der Waals surface area contributed by atoms with Gasteiger partial charge in [0.25, 0.3) is 0 Å². The number of hydrazone groups is 1. The summed E-state index contributed by atoms with van der Waals surface area (Å²) < 4.78 is 2.20. The Morgan fingerprint density at radius 3 is 3.25 bits per heavy atom. The molecule has 0 unspecified atom stereocenters. The number of aliphatic imine (C=N–C) groups is 1. The van der Waals surface area contributed by atoms with Gasteiger partial charge in [-0.1, -0.05) is 0 Å². The molecule has 0 spiro atoms. The average Bonchev–Trinajstić information content (AvgIpc) is 2.41. The SMILES string of the molecule is CN=C1N[N+]2=CCCC[C@@]2(C)S1. The highest BCUT2D eigenvalue weighted by Crippen LogP contribution is 2.37. The van der Waals surface area contributed by atoms with Crippen molar-refractivity contribution in [2.45, 2.75) is 31.1 Å². The van der Waals surface area contributed by atoms with Crippen molar-refractivity contribution in [3.8, 4) is 0 Å². The van der Waals surface area contributed by atoms with Crippen molar-refractivity contribution in [2.24, 2.45) is 4.99 Å². The maximum atomic E-state index is 4.16. The Morgan fingerprint density at radius 1 is 1.75 bits per heavy atom. The van der Waals surface area contributed by atoms with Crippen LogP contribution in [0.1, 0.15) is 26.2 Å². The number of nitrogens with one attached hydrogen (secondary N) is 1. The molecule has 0 aromatic rings. The lowest BCUT2D eigenvalue weighted by molar-refractivity contribution is -0.611. The van der Waals surface area contributed by atoms with E-state index < -0.39 is 0 Å². The largest absolute Gasteiger partial charge is 0.261 e. The number of hydrogen-bond donors (Lipinski definition) is 1. The van der Waals surface area contributed by atoms with E-state index in [1.54, 1.807) is 0 Å². The third-order valence-corrected chi connectivity index (χ3v) is 3.71. The fourth-order valence-corrected chi connectivity index (χ4v) is 2.77. The van der Waals surface area contributed by atoms with Crippen molar-refractivity contribution in [2.75, 3.05) is 7.05 Å². The highest BCUT2D eigenvalue weighted by molar-refractivity contribution is 8.15. The highest BCUT2D eigenvalue weighted by Gasteiger charge is 2.47. The molecule has 1 saturated heterocycles. The molecule has 2 aliphatic rings. The molecule has 1 N–H and O–H groups in total. The van der Waals surface area contributed by atoms with Crippen LogP contribution in [0.15, 0.2) is 4.99 Å². The number of hydrazine groups is 1. The van der Waals surface area contributed by atoms with Gasteiger partial charge in [0, 0.05) is 26.8 Å². The van der Waals surface area contributed by atoms with Gasteiger partial charge in [-0.2, -0.15) is 0 Å². The topological polar surface area (TPSA) is 27.4 Å². The molecule has 0 radical (unpaired) electrons. The summed E-state index contributed by atoms with van der Waals surface area (Å²) in [5, 5.41) is 1.04. The Balaban J connectivity index is 2.29. The Morgan fingerprint density at radius 2 is 2.58 bits per heavy atom. The second kappa shape index (κ2) is 2.76. The summed E-state index contributed by atoms with van der Waals surface area (Å²) in [6.07, 6.45) is 5.94. The van der Waals surface area contributed by atoms with E-state index in [1.165, 1.54) is 19.3 Å². The molecule has 2 heterocycles. The van der Waals surface area contributed by atoms with Crippen LogP contribution in [0.3, 0.4) is 0 Å². The summed E-state index contributed by atoms with van der Waals surface area (Å²) >= 11 is 1.83. The molecule has 0 saturated carbocycles. The highest BCUT2D eigenvalue weighted by atomic mass is 32.2. The summed E-state index contributed by atoms with van der Waals surface area (Å²) in [5.74, 6) is 0. The minimum atomic E-state index is 0.215. The van der Waals surface area contributed by atoms with Crippen molar-refractivity contribution in [3.63, 3.8) is 0 Å². The lowest BCUT2D eigenvalue weighted by Crippen LogP contribution is -2.40. The number of hydrogen-bond acceptors (Lipinski definition) is 2. The van der Waals surface area contributed by atoms with Gasteiger partial charge in [-0.25, -0.2) is 0 Å². The molecule has 1 atom stereocenters. The van der Waals surface area contributed by atoms with Gasteiger partial charge in [0.15, 0.2) is 6.21 Å². The molecule has 0 aliphatic carbocycles. The molecular formula is C8H14N3S+. The summed E-state index contributed by atoms with van der Waals surface area (Å²) in [7, 11) is 1.83. The summed E-state index contributed by atoms with van der Waals surface area (Å²) in [6, 6.07) is 0. The van der Waals surface area contributed by atoms with Crippen LogP contribution in [0.4, 0.5) is 0 Å². The first-order valence-corrected chi connectivity index (χ1v) is 5.11. The molecule has 1 fully saturated rings. The predicted octanol–water partition coefficient (Wildman–Crippen LogP) is 1.21. The van der Waals surface area contributed by atoms with Gasteiger partial charge in [-0.15, -0.1) is 10.1 Å². The van der Waals surface area contributed by atoms with Crippen molar-refractivity contribution < 1.29 is 4.68 Å². The quantitative estimate of drug-likeness (QED) is 0.573. The van der Waals surface area contributed by atoms with E-state index in [0.29, 0.717) is 0 Å². The third-order valence-electron chi connectivity index (χ3n) is 2.40. The zero-order valence-corrected chi connectivity index (χ0v) is 8.32. The number of amidine groups is 1. The molecule has 0 amide bonds.